The van der Waals surface area contributed by atoms with Crippen molar-refractivity contribution in [1.29, 1.82) is 0 Å². The van der Waals surface area contributed by atoms with Gasteiger partial charge < -0.3 is 18.6 Å². The molecule has 1 heterocycles. The number of hydrogen-bond donors (Lipinski definition) is 0. The molecule has 0 amide bonds. The summed E-state index contributed by atoms with van der Waals surface area (Å²) in [6.07, 6.45) is 0.523. The smallest absolute Gasteiger partial charge is 0.347 e. The van der Waals surface area contributed by atoms with E-state index in [-0.39, 0.29) is 23.7 Å². The van der Waals surface area contributed by atoms with Crippen LogP contribution in [0.3, 0.4) is 0 Å². The molecule has 3 aromatic rings. The van der Waals surface area contributed by atoms with Gasteiger partial charge >= 0.3 is 5.97 Å². The standard InChI is InChI=1S/C23H24O6/c1-5-26-23(25)15(4)28-16-10-11-18-20(12-16)27-13-21(22(18)24)29-19-9-7-6-8-17(19)14(2)3/h6-15H,5H2,1-4H3/t15-/m1/s1. The van der Waals surface area contributed by atoms with Crippen molar-refractivity contribution in [3.8, 4) is 17.2 Å². The molecule has 0 saturated carbocycles. The third kappa shape index (κ3) is 4.59. The molecule has 0 aliphatic rings. The maximum atomic E-state index is 12.8. The lowest BCUT2D eigenvalue weighted by molar-refractivity contribution is -0.150. The van der Waals surface area contributed by atoms with Gasteiger partial charge in [0.2, 0.25) is 11.2 Å². The number of benzene rings is 2. The lowest BCUT2D eigenvalue weighted by Crippen LogP contribution is -2.26. The van der Waals surface area contributed by atoms with Crippen molar-refractivity contribution in [2.75, 3.05) is 6.61 Å². The number of esters is 1. The summed E-state index contributed by atoms with van der Waals surface area (Å²) < 4.78 is 22.0. The Labute approximate surface area is 169 Å². The van der Waals surface area contributed by atoms with Gasteiger partial charge in [0.1, 0.15) is 23.3 Å². The van der Waals surface area contributed by atoms with Crippen LogP contribution in [0.25, 0.3) is 11.0 Å². The molecule has 3 rings (SSSR count). The van der Waals surface area contributed by atoms with E-state index < -0.39 is 12.1 Å². The first-order valence-corrected chi connectivity index (χ1v) is 9.56. The van der Waals surface area contributed by atoms with Gasteiger partial charge in [0.25, 0.3) is 0 Å². The fraction of sp³-hybridized carbons (Fsp3) is 0.304. The Kier molecular flexibility index (Phi) is 6.22. The predicted octanol–water partition coefficient (Wildman–Crippen LogP) is 5.04. The number of hydrogen-bond acceptors (Lipinski definition) is 6. The van der Waals surface area contributed by atoms with E-state index in [2.05, 4.69) is 13.8 Å². The van der Waals surface area contributed by atoms with E-state index in [1.165, 1.54) is 6.26 Å². The van der Waals surface area contributed by atoms with Crippen LogP contribution in [0.2, 0.25) is 0 Å². The normalized spacial score (nSPS) is 12.0. The molecule has 0 unspecified atom stereocenters. The molecule has 152 valence electrons. The Bertz CT molecular complexity index is 1070. The van der Waals surface area contributed by atoms with Crippen molar-refractivity contribution in [1.82, 2.24) is 0 Å². The molecular weight excluding hydrogens is 372 g/mol. The summed E-state index contributed by atoms with van der Waals surface area (Å²) in [7, 11) is 0. The highest BCUT2D eigenvalue weighted by molar-refractivity contribution is 5.79. The molecule has 0 aliphatic heterocycles. The molecule has 6 heteroatoms. The largest absolute Gasteiger partial charge is 0.479 e. The Morgan fingerprint density at radius 2 is 1.83 bits per heavy atom. The molecule has 29 heavy (non-hydrogen) atoms. The van der Waals surface area contributed by atoms with E-state index in [0.29, 0.717) is 22.5 Å². The van der Waals surface area contributed by atoms with Crippen molar-refractivity contribution < 1.29 is 23.4 Å². The molecule has 2 aromatic carbocycles. The zero-order valence-electron chi connectivity index (χ0n) is 16.9. The maximum Gasteiger partial charge on any atom is 0.347 e. The van der Waals surface area contributed by atoms with Gasteiger partial charge in [0.05, 0.1) is 12.0 Å². The van der Waals surface area contributed by atoms with Crippen LogP contribution in [-0.2, 0) is 9.53 Å². The Balaban J connectivity index is 1.88. The molecular formula is C23H24O6. The number of ether oxygens (including phenoxy) is 3. The zero-order valence-corrected chi connectivity index (χ0v) is 16.9. The molecule has 0 aliphatic carbocycles. The van der Waals surface area contributed by atoms with Crippen LogP contribution in [0.5, 0.6) is 17.2 Å². The Morgan fingerprint density at radius 1 is 1.07 bits per heavy atom. The van der Waals surface area contributed by atoms with Crippen molar-refractivity contribution in [2.45, 2.75) is 39.7 Å². The number of carbonyl (C=O) groups is 1. The van der Waals surface area contributed by atoms with Gasteiger partial charge in [-0.05, 0) is 43.5 Å². The van der Waals surface area contributed by atoms with Crippen LogP contribution in [0.4, 0.5) is 0 Å². The van der Waals surface area contributed by atoms with Crippen molar-refractivity contribution >= 4 is 16.9 Å². The van der Waals surface area contributed by atoms with Crippen LogP contribution < -0.4 is 14.9 Å². The first-order chi connectivity index (χ1) is 13.9. The second kappa shape index (κ2) is 8.82. The van der Waals surface area contributed by atoms with Gasteiger partial charge in [-0.1, -0.05) is 32.0 Å². The van der Waals surface area contributed by atoms with Gasteiger partial charge in [-0.2, -0.15) is 0 Å². The van der Waals surface area contributed by atoms with E-state index in [0.717, 1.165) is 5.56 Å². The van der Waals surface area contributed by atoms with Gasteiger partial charge in [-0.3, -0.25) is 4.79 Å². The van der Waals surface area contributed by atoms with Crippen LogP contribution >= 0.6 is 0 Å². The predicted molar refractivity (Wildman–Crippen MR) is 110 cm³/mol. The zero-order chi connectivity index (χ0) is 21.0. The van der Waals surface area contributed by atoms with E-state index in [4.69, 9.17) is 18.6 Å². The van der Waals surface area contributed by atoms with Crippen LogP contribution in [0.1, 0.15) is 39.2 Å². The monoisotopic (exact) mass is 396 g/mol. The second-order valence-electron chi connectivity index (χ2n) is 6.89. The summed E-state index contributed by atoms with van der Waals surface area (Å²) in [5.41, 5.74) is 1.06. The van der Waals surface area contributed by atoms with Gasteiger partial charge in [-0.25, -0.2) is 4.79 Å². The average Bonchev–Trinajstić information content (AvgIpc) is 2.70. The highest BCUT2D eigenvalue weighted by Gasteiger charge is 2.17. The first kappa shape index (κ1) is 20.5. The molecule has 0 spiro atoms. The van der Waals surface area contributed by atoms with Gasteiger partial charge in [-0.15, -0.1) is 0 Å². The number of carbonyl (C=O) groups excluding carboxylic acids is 1. The SMILES string of the molecule is CCOC(=O)[C@@H](C)Oc1ccc2c(=O)c(Oc3ccccc3C(C)C)coc2c1. The Hall–Kier alpha value is -3.28. The first-order valence-electron chi connectivity index (χ1n) is 9.56. The molecule has 6 nitrogen and oxygen atoms in total. The molecule has 1 atom stereocenters. The van der Waals surface area contributed by atoms with E-state index in [1.807, 2.05) is 24.3 Å². The maximum absolute atomic E-state index is 12.8. The summed E-state index contributed by atoms with van der Waals surface area (Å²) in [5.74, 6) is 0.929. The molecule has 0 N–H and O–H groups in total. The van der Waals surface area contributed by atoms with Crippen molar-refractivity contribution in [3.05, 3.63) is 64.5 Å². The summed E-state index contributed by atoms with van der Waals surface area (Å²) in [6, 6.07) is 12.4. The summed E-state index contributed by atoms with van der Waals surface area (Å²) in [4.78, 5) is 24.6. The van der Waals surface area contributed by atoms with Crippen LogP contribution in [0.15, 0.2) is 57.9 Å². The van der Waals surface area contributed by atoms with E-state index in [9.17, 15) is 9.59 Å². The van der Waals surface area contributed by atoms with Crippen LogP contribution in [-0.4, -0.2) is 18.7 Å². The third-order valence-electron chi connectivity index (χ3n) is 4.41. The molecule has 1 aromatic heterocycles. The summed E-state index contributed by atoms with van der Waals surface area (Å²) >= 11 is 0. The summed E-state index contributed by atoms with van der Waals surface area (Å²) in [6.45, 7) is 7.73. The minimum absolute atomic E-state index is 0.110. The number of para-hydroxylation sites is 1. The molecule has 0 saturated heterocycles. The third-order valence-corrected chi connectivity index (χ3v) is 4.41. The van der Waals surface area contributed by atoms with Gasteiger partial charge in [0.15, 0.2) is 6.10 Å². The lowest BCUT2D eigenvalue weighted by atomic mass is 10.0. The van der Waals surface area contributed by atoms with Crippen LogP contribution in [0, 0.1) is 0 Å². The summed E-state index contributed by atoms with van der Waals surface area (Å²) in [5, 5.41) is 0.362. The quantitative estimate of drug-likeness (QED) is 0.521. The number of fused-ring (bicyclic) bond motifs is 1. The minimum Gasteiger partial charge on any atom is -0.479 e. The van der Waals surface area contributed by atoms with Crippen molar-refractivity contribution in [3.63, 3.8) is 0 Å². The number of rotatable bonds is 7. The average molecular weight is 396 g/mol. The van der Waals surface area contributed by atoms with Crippen molar-refractivity contribution in [2.24, 2.45) is 0 Å². The van der Waals surface area contributed by atoms with Gasteiger partial charge in [0, 0.05) is 6.07 Å². The fourth-order valence-corrected chi connectivity index (χ4v) is 2.92. The molecule has 0 fully saturated rings. The topological polar surface area (TPSA) is 75.0 Å². The van der Waals surface area contributed by atoms with E-state index >= 15 is 0 Å². The Morgan fingerprint density at radius 3 is 2.55 bits per heavy atom. The van der Waals surface area contributed by atoms with E-state index in [1.54, 1.807) is 32.0 Å². The molecule has 0 radical (unpaired) electrons. The second-order valence-corrected chi connectivity index (χ2v) is 6.89. The lowest BCUT2D eigenvalue weighted by Gasteiger charge is -2.14. The minimum atomic E-state index is -0.769. The molecule has 0 bridgehead atoms. The highest BCUT2D eigenvalue weighted by atomic mass is 16.6. The highest BCUT2D eigenvalue weighted by Crippen LogP contribution is 2.30. The fourth-order valence-electron chi connectivity index (χ4n) is 2.92.